The fourth-order valence-corrected chi connectivity index (χ4v) is 2.68. The molecular formula is C16H24ClN3O. The first-order valence-corrected chi connectivity index (χ1v) is 7.95. The highest BCUT2D eigenvalue weighted by Crippen LogP contribution is 2.24. The Hall–Kier alpha value is -1.42. The van der Waals surface area contributed by atoms with Crippen LogP contribution in [0.4, 0.5) is 0 Å². The van der Waals surface area contributed by atoms with Gasteiger partial charge in [-0.3, -0.25) is 4.99 Å². The van der Waals surface area contributed by atoms with Gasteiger partial charge in [0, 0.05) is 13.1 Å². The van der Waals surface area contributed by atoms with Gasteiger partial charge < -0.3 is 15.4 Å². The molecule has 5 heteroatoms. The first kappa shape index (κ1) is 16.0. The predicted octanol–water partition coefficient (Wildman–Crippen LogP) is 3.21. The third-order valence-electron chi connectivity index (χ3n) is 3.64. The number of ether oxygens (including phenoxy) is 1. The van der Waals surface area contributed by atoms with E-state index in [9.17, 15) is 0 Å². The maximum absolute atomic E-state index is 6.09. The largest absolute Gasteiger partial charge is 0.487 e. The molecule has 4 nitrogen and oxygen atoms in total. The molecule has 0 heterocycles. The van der Waals surface area contributed by atoms with Gasteiger partial charge in [0.15, 0.2) is 5.96 Å². The van der Waals surface area contributed by atoms with Gasteiger partial charge >= 0.3 is 0 Å². The van der Waals surface area contributed by atoms with Crippen molar-refractivity contribution in [3.05, 3.63) is 29.3 Å². The van der Waals surface area contributed by atoms with Crippen LogP contribution in [0.1, 0.15) is 32.6 Å². The third kappa shape index (κ3) is 5.12. The fourth-order valence-electron chi connectivity index (χ4n) is 2.50. The number of nitrogens with zero attached hydrogens (tertiary/aromatic N) is 1. The molecule has 0 bridgehead atoms. The second kappa shape index (κ2) is 8.13. The molecule has 0 aliphatic heterocycles. The number of nitrogens with one attached hydrogen (secondary N) is 2. The Kier molecular flexibility index (Phi) is 6.18. The predicted molar refractivity (Wildman–Crippen MR) is 88.3 cm³/mol. The van der Waals surface area contributed by atoms with Crippen molar-refractivity contribution in [2.45, 2.75) is 44.8 Å². The van der Waals surface area contributed by atoms with Gasteiger partial charge in [-0.1, -0.05) is 36.6 Å². The zero-order valence-corrected chi connectivity index (χ0v) is 13.5. The van der Waals surface area contributed by atoms with Gasteiger partial charge in [-0.25, -0.2) is 0 Å². The summed E-state index contributed by atoms with van der Waals surface area (Å²) in [5.74, 6) is 1.56. The number of rotatable bonds is 5. The molecule has 0 amide bonds. The van der Waals surface area contributed by atoms with Crippen LogP contribution in [0.15, 0.2) is 29.3 Å². The zero-order chi connectivity index (χ0) is 15.1. The van der Waals surface area contributed by atoms with Crippen LogP contribution in [-0.2, 0) is 0 Å². The maximum atomic E-state index is 6.09. The molecule has 1 aromatic carbocycles. The average Bonchev–Trinajstić information content (AvgIpc) is 2.99. The molecule has 0 aromatic heterocycles. The Morgan fingerprint density at radius 1 is 1.38 bits per heavy atom. The molecule has 1 saturated carbocycles. The van der Waals surface area contributed by atoms with Crippen LogP contribution in [-0.4, -0.2) is 31.7 Å². The van der Waals surface area contributed by atoms with Gasteiger partial charge in [-0.05, 0) is 31.9 Å². The van der Waals surface area contributed by atoms with Crippen molar-refractivity contribution >= 4 is 17.6 Å². The van der Waals surface area contributed by atoms with Crippen LogP contribution < -0.4 is 15.4 Å². The molecule has 0 spiro atoms. The Bertz CT molecular complexity index is 472. The molecule has 21 heavy (non-hydrogen) atoms. The summed E-state index contributed by atoms with van der Waals surface area (Å²) in [4.78, 5) is 4.26. The summed E-state index contributed by atoms with van der Waals surface area (Å²) in [7, 11) is 1.80. The second-order valence-corrected chi connectivity index (χ2v) is 5.84. The van der Waals surface area contributed by atoms with Crippen molar-refractivity contribution in [1.29, 1.82) is 0 Å². The van der Waals surface area contributed by atoms with Crippen molar-refractivity contribution in [3.63, 3.8) is 0 Å². The summed E-state index contributed by atoms with van der Waals surface area (Å²) in [6.07, 6.45) is 5.08. The van der Waals surface area contributed by atoms with Crippen LogP contribution in [0.5, 0.6) is 5.75 Å². The van der Waals surface area contributed by atoms with Crippen molar-refractivity contribution < 1.29 is 4.74 Å². The van der Waals surface area contributed by atoms with E-state index >= 15 is 0 Å². The van der Waals surface area contributed by atoms with Crippen molar-refractivity contribution in [2.75, 3.05) is 13.6 Å². The average molecular weight is 310 g/mol. The van der Waals surface area contributed by atoms with E-state index < -0.39 is 0 Å². The molecule has 1 aliphatic rings. The van der Waals surface area contributed by atoms with E-state index in [1.807, 2.05) is 31.2 Å². The Morgan fingerprint density at radius 3 is 2.76 bits per heavy atom. The van der Waals surface area contributed by atoms with Gasteiger partial charge in [-0.15, -0.1) is 0 Å². The number of benzene rings is 1. The SMILES string of the molecule is CN=C(NCC(C)Oc1ccccc1Cl)NC1CCCC1. The third-order valence-corrected chi connectivity index (χ3v) is 3.95. The minimum atomic E-state index is 0.00651. The highest BCUT2D eigenvalue weighted by molar-refractivity contribution is 6.32. The molecule has 0 saturated heterocycles. The van der Waals surface area contributed by atoms with Crippen LogP contribution >= 0.6 is 11.6 Å². The lowest BCUT2D eigenvalue weighted by atomic mass is 10.2. The molecule has 1 fully saturated rings. The summed E-state index contributed by atoms with van der Waals surface area (Å²) in [6.45, 7) is 2.69. The first-order chi connectivity index (χ1) is 10.2. The number of guanidine groups is 1. The van der Waals surface area contributed by atoms with E-state index in [2.05, 4.69) is 15.6 Å². The van der Waals surface area contributed by atoms with Crippen molar-refractivity contribution in [1.82, 2.24) is 10.6 Å². The highest BCUT2D eigenvalue weighted by Gasteiger charge is 2.16. The van der Waals surface area contributed by atoms with Gasteiger partial charge in [0.2, 0.25) is 0 Å². The molecular weight excluding hydrogens is 286 g/mol. The molecule has 1 unspecified atom stereocenters. The lowest BCUT2D eigenvalue weighted by Crippen LogP contribution is -2.45. The maximum Gasteiger partial charge on any atom is 0.191 e. The summed E-state index contributed by atoms with van der Waals surface area (Å²) in [5, 5.41) is 7.40. The Balaban J connectivity index is 1.77. The van der Waals surface area contributed by atoms with Gasteiger partial charge in [-0.2, -0.15) is 0 Å². The Labute approximate surface area is 131 Å². The Morgan fingerprint density at radius 2 is 2.10 bits per heavy atom. The summed E-state index contributed by atoms with van der Waals surface area (Å²) in [5.41, 5.74) is 0. The summed E-state index contributed by atoms with van der Waals surface area (Å²) >= 11 is 6.09. The topological polar surface area (TPSA) is 45.7 Å². The van der Waals surface area contributed by atoms with Crippen LogP contribution in [0, 0.1) is 0 Å². The first-order valence-electron chi connectivity index (χ1n) is 7.57. The molecule has 1 aromatic rings. The van der Waals surface area contributed by atoms with E-state index in [0.29, 0.717) is 23.4 Å². The summed E-state index contributed by atoms with van der Waals surface area (Å²) in [6, 6.07) is 8.08. The van der Waals surface area contributed by atoms with Gasteiger partial charge in [0.1, 0.15) is 11.9 Å². The lowest BCUT2D eigenvalue weighted by molar-refractivity contribution is 0.224. The highest BCUT2D eigenvalue weighted by atomic mass is 35.5. The number of halogens is 1. The van der Waals surface area contributed by atoms with E-state index in [-0.39, 0.29) is 6.10 Å². The van der Waals surface area contributed by atoms with E-state index in [1.54, 1.807) is 7.05 Å². The van der Waals surface area contributed by atoms with Crippen LogP contribution in [0.3, 0.4) is 0 Å². The fraction of sp³-hybridized carbons (Fsp3) is 0.562. The zero-order valence-electron chi connectivity index (χ0n) is 12.7. The van der Waals surface area contributed by atoms with Gasteiger partial charge in [0.05, 0.1) is 11.6 Å². The van der Waals surface area contributed by atoms with Crippen molar-refractivity contribution in [2.24, 2.45) is 4.99 Å². The van der Waals surface area contributed by atoms with E-state index in [1.165, 1.54) is 25.7 Å². The summed E-state index contributed by atoms with van der Waals surface area (Å²) < 4.78 is 5.83. The normalized spacial score (nSPS) is 17.6. The molecule has 1 atom stereocenters. The van der Waals surface area contributed by atoms with Crippen LogP contribution in [0.25, 0.3) is 0 Å². The molecule has 116 valence electrons. The van der Waals surface area contributed by atoms with E-state index in [0.717, 1.165) is 5.96 Å². The lowest BCUT2D eigenvalue weighted by Gasteiger charge is -2.20. The molecule has 2 N–H and O–H groups in total. The number of hydrogen-bond acceptors (Lipinski definition) is 2. The number of para-hydroxylation sites is 1. The minimum absolute atomic E-state index is 0.00651. The molecule has 1 aliphatic carbocycles. The number of aliphatic imine (C=N–C) groups is 1. The molecule has 0 radical (unpaired) electrons. The van der Waals surface area contributed by atoms with Gasteiger partial charge in [0.25, 0.3) is 0 Å². The second-order valence-electron chi connectivity index (χ2n) is 5.44. The smallest absolute Gasteiger partial charge is 0.191 e. The number of hydrogen-bond donors (Lipinski definition) is 2. The molecule has 2 rings (SSSR count). The quantitative estimate of drug-likeness (QED) is 0.648. The monoisotopic (exact) mass is 309 g/mol. The van der Waals surface area contributed by atoms with Crippen LogP contribution in [0.2, 0.25) is 5.02 Å². The van der Waals surface area contributed by atoms with Crippen molar-refractivity contribution in [3.8, 4) is 5.75 Å². The standard InChI is InChI=1S/C16H24ClN3O/c1-12(21-15-10-6-5-9-14(15)17)11-19-16(18-2)20-13-7-3-4-8-13/h5-6,9-10,12-13H,3-4,7-8,11H2,1-2H3,(H2,18,19,20). The van der Waals surface area contributed by atoms with E-state index in [4.69, 9.17) is 16.3 Å². The minimum Gasteiger partial charge on any atom is -0.487 e.